The van der Waals surface area contributed by atoms with E-state index < -0.39 is 11.6 Å². The molecule has 3 aromatic carbocycles. The SMILES string of the molecule is C#Cc1cccc2cc(O)cc(-c3c(F)cc4c(N5CC6CCC(C5)N6)nc(OCC5(CN6CCCC[C@H]6CN(C)C)CC5)nc4c3F)c12. The summed E-state index contributed by atoms with van der Waals surface area (Å²) in [5.41, 5.74) is 0.361. The molecular weight excluding hydrogens is 622 g/mol. The number of rotatable bonds is 9. The van der Waals surface area contributed by atoms with E-state index in [1.807, 2.05) is 0 Å². The van der Waals surface area contributed by atoms with E-state index in [0.29, 0.717) is 53.3 Å². The van der Waals surface area contributed by atoms with Gasteiger partial charge >= 0.3 is 6.01 Å². The van der Waals surface area contributed by atoms with Crippen molar-refractivity contribution in [1.82, 2.24) is 25.1 Å². The van der Waals surface area contributed by atoms with Gasteiger partial charge < -0.3 is 25.0 Å². The number of anilines is 1. The van der Waals surface area contributed by atoms with Crippen molar-refractivity contribution in [3.05, 3.63) is 53.6 Å². The number of likely N-dealkylation sites (tertiary alicyclic amines) is 1. The first-order chi connectivity index (χ1) is 23.7. The number of likely N-dealkylation sites (N-methyl/N-ethyl adjacent to an activating group) is 1. The van der Waals surface area contributed by atoms with E-state index in [1.54, 1.807) is 24.3 Å². The van der Waals surface area contributed by atoms with E-state index in [9.17, 15) is 5.11 Å². The van der Waals surface area contributed by atoms with E-state index >= 15 is 8.78 Å². The van der Waals surface area contributed by atoms with E-state index in [0.717, 1.165) is 45.3 Å². The summed E-state index contributed by atoms with van der Waals surface area (Å²) in [6.45, 7) is 4.89. The molecule has 1 aliphatic carbocycles. The maximum Gasteiger partial charge on any atom is 0.319 e. The first kappa shape index (κ1) is 32.2. The number of phenols is 1. The largest absolute Gasteiger partial charge is 0.508 e. The van der Waals surface area contributed by atoms with Gasteiger partial charge in [-0.25, -0.2) is 8.78 Å². The molecule has 2 N–H and O–H groups in total. The predicted molar refractivity (Wildman–Crippen MR) is 189 cm³/mol. The molecule has 4 heterocycles. The number of terminal acetylenes is 1. The number of nitrogens with zero attached hydrogens (tertiary/aromatic N) is 5. The number of ether oxygens (including phenoxy) is 1. The summed E-state index contributed by atoms with van der Waals surface area (Å²) < 4.78 is 39.7. The van der Waals surface area contributed by atoms with Crippen LogP contribution in [0.2, 0.25) is 0 Å². The molecular formula is C39H44F2N6O2. The van der Waals surface area contributed by atoms with Crippen LogP contribution >= 0.6 is 0 Å². The van der Waals surface area contributed by atoms with Crippen LogP contribution in [0.25, 0.3) is 32.8 Å². The molecule has 3 atom stereocenters. The van der Waals surface area contributed by atoms with Gasteiger partial charge in [-0.3, -0.25) is 4.90 Å². The van der Waals surface area contributed by atoms with Crippen LogP contribution in [0.1, 0.15) is 50.5 Å². The molecule has 10 heteroatoms. The number of nitrogens with one attached hydrogen (secondary N) is 1. The lowest BCUT2D eigenvalue weighted by Gasteiger charge is -2.39. The normalized spacial score (nSPS) is 23.3. The van der Waals surface area contributed by atoms with Crippen molar-refractivity contribution in [2.75, 3.05) is 58.3 Å². The number of piperidine rings is 1. The summed E-state index contributed by atoms with van der Waals surface area (Å²) in [5, 5.41) is 15.6. The molecule has 3 aliphatic heterocycles. The zero-order valence-corrected chi connectivity index (χ0v) is 28.3. The van der Waals surface area contributed by atoms with Gasteiger partial charge in [0.1, 0.15) is 22.9 Å². The topological polar surface area (TPSA) is 77.0 Å². The second-order valence-corrected chi connectivity index (χ2v) is 15.0. The monoisotopic (exact) mass is 666 g/mol. The maximum atomic E-state index is 17.0. The number of phenolic OH excluding ortho intramolecular Hbond substituents is 1. The van der Waals surface area contributed by atoms with Crippen molar-refractivity contribution in [2.24, 2.45) is 5.41 Å². The highest BCUT2D eigenvalue weighted by Crippen LogP contribution is 2.48. The Labute approximate surface area is 286 Å². The summed E-state index contributed by atoms with van der Waals surface area (Å²) in [7, 11) is 4.27. The molecule has 49 heavy (non-hydrogen) atoms. The average molecular weight is 667 g/mol. The third-order valence-corrected chi connectivity index (χ3v) is 11.1. The molecule has 1 saturated carbocycles. The van der Waals surface area contributed by atoms with Crippen LogP contribution < -0.4 is 15.0 Å². The van der Waals surface area contributed by atoms with Crippen LogP contribution in [0.4, 0.5) is 14.6 Å². The third-order valence-electron chi connectivity index (χ3n) is 11.1. The first-order valence-electron chi connectivity index (χ1n) is 17.7. The first-order valence-corrected chi connectivity index (χ1v) is 17.7. The lowest BCUT2D eigenvalue weighted by atomic mass is 9.93. The van der Waals surface area contributed by atoms with Crippen molar-refractivity contribution in [3.8, 4) is 35.2 Å². The van der Waals surface area contributed by atoms with Gasteiger partial charge in [-0.15, -0.1) is 6.42 Å². The van der Waals surface area contributed by atoms with Crippen LogP contribution in [-0.4, -0.2) is 96.4 Å². The Hall–Kier alpha value is -4.04. The Morgan fingerprint density at radius 1 is 1.08 bits per heavy atom. The van der Waals surface area contributed by atoms with Gasteiger partial charge in [-0.2, -0.15) is 9.97 Å². The molecule has 4 aromatic rings. The Morgan fingerprint density at radius 3 is 2.61 bits per heavy atom. The van der Waals surface area contributed by atoms with Crippen LogP contribution in [-0.2, 0) is 0 Å². The predicted octanol–water partition coefficient (Wildman–Crippen LogP) is 5.93. The molecule has 8 nitrogen and oxygen atoms in total. The minimum Gasteiger partial charge on any atom is -0.508 e. The van der Waals surface area contributed by atoms with Crippen molar-refractivity contribution < 1.29 is 18.6 Å². The zero-order chi connectivity index (χ0) is 33.9. The molecule has 4 fully saturated rings. The number of hydrogen-bond donors (Lipinski definition) is 2. The summed E-state index contributed by atoms with van der Waals surface area (Å²) in [6.07, 6.45) is 13.7. The smallest absolute Gasteiger partial charge is 0.319 e. The molecule has 0 spiro atoms. The number of hydrogen-bond acceptors (Lipinski definition) is 8. The molecule has 256 valence electrons. The summed E-state index contributed by atoms with van der Waals surface area (Å²) in [6, 6.07) is 10.7. The summed E-state index contributed by atoms with van der Waals surface area (Å²) in [4.78, 5) is 16.5. The number of benzene rings is 3. The Kier molecular flexibility index (Phi) is 8.33. The third kappa shape index (κ3) is 6.17. The highest BCUT2D eigenvalue weighted by molar-refractivity contribution is 6.04. The molecule has 2 bridgehead atoms. The van der Waals surface area contributed by atoms with Gasteiger partial charge in [0.25, 0.3) is 0 Å². The minimum absolute atomic E-state index is 0.00709. The fourth-order valence-electron chi connectivity index (χ4n) is 8.48. The Balaban J connectivity index is 1.19. The lowest BCUT2D eigenvalue weighted by Crippen LogP contribution is -2.51. The van der Waals surface area contributed by atoms with Crippen molar-refractivity contribution in [2.45, 2.75) is 63.1 Å². The van der Waals surface area contributed by atoms with E-state index in [-0.39, 0.29) is 45.9 Å². The van der Waals surface area contributed by atoms with Crippen molar-refractivity contribution >= 4 is 27.5 Å². The second kappa shape index (κ2) is 12.7. The van der Waals surface area contributed by atoms with Gasteiger partial charge in [0.15, 0.2) is 5.82 Å². The molecule has 0 radical (unpaired) electrons. The quantitative estimate of drug-likeness (QED) is 0.213. The zero-order valence-electron chi connectivity index (χ0n) is 28.3. The lowest BCUT2D eigenvalue weighted by molar-refractivity contribution is 0.0796. The van der Waals surface area contributed by atoms with E-state index in [2.05, 4.69) is 45.0 Å². The number of halogens is 2. The highest BCUT2D eigenvalue weighted by atomic mass is 19.1. The van der Waals surface area contributed by atoms with Gasteiger partial charge in [0, 0.05) is 71.6 Å². The van der Waals surface area contributed by atoms with E-state index in [4.69, 9.17) is 16.1 Å². The standard InChI is InChI=1S/C39H44F2N6O2/c1-4-24-8-7-9-25-16-29(48)17-30(33(24)25)34-32(40)18-31-36(35(34)41)43-38(44-37(31)47-19-26-11-12-27(20-47)42-26)49-23-39(13-14-39)22-46-15-6-5-10-28(46)21-45(2)3/h1,7-9,16-18,26-28,42,48H,5-6,10-15,19-23H2,2-3H3/t26?,27?,28-/m0/s1. The highest BCUT2D eigenvalue weighted by Gasteiger charge is 2.46. The van der Waals surface area contributed by atoms with Crippen molar-refractivity contribution in [3.63, 3.8) is 0 Å². The fourth-order valence-corrected chi connectivity index (χ4v) is 8.48. The second-order valence-electron chi connectivity index (χ2n) is 15.0. The summed E-state index contributed by atoms with van der Waals surface area (Å²) >= 11 is 0. The number of aromatic nitrogens is 2. The van der Waals surface area contributed by atoms with Crippen LogP contribution in [0.15, 0.2) is 36.4 Å². The van der Waals surface area contributed by atoms with Crippen molar-refractivity contribution in [1.29, 1.82) is 0 Å². The number of piperazine rings is 1. The molecule has 4 aliphatic rings. The van der Waals surface area contributed by atoms with Gasteiger partial charge in [0.2, 0.25) is 0 Å². The average Bonchev–Trinajstić information content (AvgIpc) is 3.77. The molecule has 1 aromatic heterocycles. The van der Waals surface area contributed by atoms with Gasteiger partial charge in [-0.1, -0.05) is 24.5 Å². The molecule has 8 rings (SSSR count). The van der Waals surface area contributed by atoms with Gasteiger partial charge in [0.05, 0.1) is 12.2 Å². The molecule has 0 amide bonds. The fraction of sp³-hybridized carbons (Fsp3) is 0.487. The Morgan fingerprint density at radius 2 is 1.88 bits per heavy atom. The minimum atomic E-state index is -0.832. The van der Waals surface area contributed by atoms with Crippen LogP contribution in [0.5, 0.6) is 11.8 Å². The van der Waals surface area contributed by atoms with Gasteiger partial charge in [-0.05, 0) is 88.8 Å². The number of aromatic hydroxyl groups is 1. The Bertz CT molecular complexity index is 1940. The number of fused-ring (bicyclic) bond motifs is 4. The maximum absolute atomic E-state index is 17.0. The molecule has 3 saturated heterocycles. The molecule has 2 unspecified atom stereocenters. The van der Waals surface area contributed by atoms with E-state index in [1.165, 1.54) is 31.4 Å². The van der Waals surface area contributed by atoms with Crippen LogP contribution in [0.3, 0.4) is 0 Å². The summed E-state index contributed by atoms with van der Waals surface area (Å²) in [5.74, 6) is 1.40. The van der Waals surface area contributed by atoms with Crippen LogP contribution in [0, 0.1) is 29.4 Å².